The first-order chi connectivity index (χ1) is 14.5. The minimum Gasteiger partial charge on any atom is -0.492 e. The number of benzene rings is 1. The second-order valence-electron chi connectivity index (χ2n) is 8.62. The van der Waals surface area contributed by atoms with Gasteiger partial charge < -0.3 is 9.64 Å². The molecule has 1 aromatic rings. The Hall–Kier alpha value is -2.41. The summed E-state index contributed by atoms with van der Waals surface area (Å²) in [5.41, 5.74) is 1.49. The van der Waals surface area contributed by atoms with Crippen molar-refractivity contribution in [1.29, 1.82) is 0 Å². The van der Waals surface area contributed by atoms with Crippen molar-refractivity contribution in [1.82, 2.24) is 15.1 Å². The molecule has 30 heavy (non-hydrogen) atoms. The van der Waals surface area contributed by atoms with Gasteiger partial charge in [0.05, 0.1) is 0 Å². The van der Waals surface area contributed by atoms with Gasteiger partial charge in [-0.05, 0) is 61.9 Å². The Kier molecular flexibility index (Phi) is 6.09. The first kappa shape index (κ1) is 20.8. The van der Waals surface area contributed by atoms with Crippen molar-refractivity contribution in [2.24, 2.45) is 5.92 Å². The number of nitrogens with one attached hydrogen (secondary N) is 1. The first-order valence-corrected chi connectivity index (χ1v) is 11.1. The van der Waals surface area contributed by atoms with Crippen LogP contribution in [0.5, 0.6) is 5.75 Å². The highest BCUT2D eigenvalue weighted by atomic mass is 16.5. The van der Waals surface area contributed by atoms with Gasteiger partial charge in [0, 0.05) is 31.1 Å². The highest BCUT2D eigenvalue weighted by molar-refractivity contribution is 6.05. The maximum absolute atomic E-state index is 12.8. The summed E-state index contributed by atoms with van der Waals surface area (Å²) in [7, 11) is 0. The van der Waals surface area contributed by atoms with Gasteiger partial charge in [-0.3, -0.25) is 24.6 Å². The van der Waals surface area contributed by atoms with E-state index in [1.165, 1.54) is 12.8 Å². The molecule has 7 nitrogen and oxygen atoms in total. The van der Waals surface area contributed by atoms with Gasteiger partial charge in [0.1, 0.15) is 18.4 Å². The number of piperidine rings is 1. The number of likely N-dealkylation sites (N-methyl/N-ethyl adjacent to an activating group) is 1. The maximum atomic E-state index is 12.8. The average molecular weight is 414 g/mol. The summed E-state index contributed by atoms with van der Waals surface area (Å²) in [6.07, 6.45) is 4.36. The van der Waals surface area contributed by atoms with Crippen LogP contribution in [0.1, 0.15) is 61.9 Å². The zero-order chi connectivity index (χ0) is 21.3. The van der Waals surface area contributed by atoms with Crippen LogP contribution in [0.3, 0.4) is 0 Å². The van der Waals surface area contributed by atoms with E-state index in [0.29, 0.717) is 31.2 Å². The van der Waals surface area contributed by atoms with Crippen LogP contribution in [0.25, 0.3) is 0 Å². The van der Waals surface area contributed by atoms with E-state index in [1.807, 2.05) is 12.1 Å². The number of fused-ring (bicyclic) bond motifs is 1. The molecule has 0 spiro atoms. The predicted molar refractivity (Wildman–Crippen MR) is 112 cm³/mol. The lowest BCUT2D eigenvalue weighted by molar-refractivity contribution is -0.136. The fourth-order valence-corrected chi connectivity index (χ4v) is 4.48. The minimum absolute atomic E-state index is 0.154. The molecule has 162 valence electrons. The Morgan fingerprint density at radius 1 is 1.20 bits per heavy atom. The normalized spacial score (nSPS) is 22.3. The number of ether oxygens (including phenoxy) is 1. The van der Waals surface area contributed by atoms with Crippen LogP contribution >= 0.6 is 0 Å². The molecule has 1 aliphatic carbocycles. The lowest BCUT2D eigenvalue weighted by Crippen LogP contribution is -2.52. The molecule has 4 rings (SSSR count). The average Bonchev–Trinajstić information content (AvgIpc) is 3.50. The molecule has 0 bridgehead atoms. The van der Waals surface area contributed by atoms with Crippen LogP contribution in [0, 0.1) is 5.92 Å². The van der Waals surface area contributed by atoms with E-state index in [1.54, 1.807) is 11.0 Å². The highest BCUT2D eigenvalue weighted by Crippen LogP contribution is 2.32. The van der Waals surface area contributed by atoms with Crippen LogP contribution in [-0.4, -0.2) is 59.3 Å². The first-order valence-electron chi connectivity index (χ1n) is 11.1. The summed E-state index contributed by atoms with van der Waals surface area (Å²) >= 11 is 0. The van der Waals surface area contributed by atoms with E-state index in [0.717, 1.165) is 36.7 Å². The third-order valence-electron chi connectivity index (χ3n) is 6.52. The molecule has 3 amide bonds. The van der Waals surface area contributed by atoms with Crippen molar-refractivity contribution in [2.75, 3.05) is 19.7 Å². The Morgan fingerprint density at radius 3 is 2.67 bits per heavy atom. The van der Waals surface area contributed by atoms with E-state index < -0.39 is 6.04 Å². The molecule has 1 N–H and O–H groups in total. The smallest absolute Gasteiger partial charge is 0.255 e. The molecule has 7 heteroatoms. The van der Waals surface area contributed by atoms with Crippen molar-refractivity contribution in [3.8, 4) is 5.75 Å². The number of rotatable bonds is 9. The molecule has 2 unspecified atom stereocenters. The van der Waals surface area contributed by atoms with Crippen molar-refractivity contribution in [3.63, 3.8) is 0 Å². The fraction of sp³-hybridized carbons (Fsp3) is 0.609. The Balaban J connectivity index is 1.39. The number of imide groups is 1. The number of carbonyl (C=O) groups is 3. The second-order valence-corrected chi connectivity index (χ2v) is 8.62. The maximum Gasteiger partial charge on any atom is 0.255 e. The molecule has 2 heterocycles. The van der Waals surface area contributed by atoms with Crippen LogP contribution < -0.4 is 10.1 Å². The van der Waals surface area contributed by atoms with Gasteiger partial charge in [0.25, 0.3) is 5.91 Å². The van der Waals surface area contributed by atoms with Gasteiger partial charge in [-0.2, -0.15) is 0 Å². The lowest BCUT2D eigenvalue weighted by Gasteiger charge is -2.30. The number of hydrogen-bond donors (Lipinski definition) is 1. The monoisotopic (exact) mass is 413 g/mol. The van der Waals surface area contributed by atoms with Gasteiger partial charge in [0.2, 0.25) is 11.8 Å². The zero-order valence-electron chi connectivity index (χ0n) is 17.9. The molecule has 3 aliphatic rings. The molecular weight excluding hydrogens is 382 g/mol. The van der Waals surface area contributed by atoms with Crippen molar-refractivity contribution < 1.29 is 19.1 Å². The van der Waals surface area contributed by atoms with Gasteiger partial charge in [-0.25, -0.2) is 0 Å². The second kappa shape index (κ2) is 8.76. The molecule has 2 atom stereocenters. The van der Waals surface area contributed by atoms with E-state index in [9.17, 15) is 14.4 Å². The Labute approximate surface area is 177 Å². The quantitative estimate of drug-likeness (QED) is 0.629. The van der Waals surface area contributed by atoms with E-state index in [2.05, 4.69) is 24.1 Å². The predicted octanol–water partition coefficient (Wildman–Crippen LogP) is 2.34. The lowest BCUT2D eigenvalue weighted by atomic mass is 10.0. The largest absolute Gasteiger partial charge is 0.492 e. The van der Waals surface area contributed by atoms with Crippen LogP contribution in [-0.2, 0) is 16.1 Å². The number of carbonyl (C=O) groups excluding carboxylic acids is 3. The number of amides is 3. The molecule has 1 saturated heterocycles. The molecule has 0 aromatic heterocycles. The molecule has 0 radical (unpaired) electrons. The summed E-state index contributed by atoms with van der Waals surface area (Å²) in [6, 6.07) is 5.35. The minimum atomic E-state index is -0.586. The van der Waals surface area contributed by atoms with Crippen molar-refractivity contribution in [2.45, 2.75) is 64.6 Å². The number of hydrogen-bond acceptors (Lipinski definition) is 5. The molecular formula is C23H31N3O4. The Bertz CT molecular complexity index is 836. The summed E-state index contributed by atoms with van der Waals surface area (Å²) in [5.74, 6) is 0.796. The van der Waals surface area contributed by atoms with Gasteiger partial charge >= 0.3 is 0 Å². The third kappa shape index (κ3) is 4.36. The van der Waals surface area contributed by atoms with Crippen LogP contribution in [0.4, 0.5) is 0 Å². The molecule has 1 aromatic carbocycles. The molecule has 1 saturated carbocycles. The van der Waals surface area contributed by atoms with Crippen LogP contribution in [0.2, 0.25) is 0 Å². The van der Waals surface area contributed by atoms with E-state index in [-0.39, 0.29) is 24.1 Å². The van der Waals surface area contributed by atoms with Crippen molar-refractivity contribution >= 4 is 17.7 Å². The molecule has 2 fully saturated rings. The summed E-state index contributed by atoms with van der Waals surface area (Å²) < 4.78 is 6.12. The SMILES string of the molecule is CCC(COc1ccc2c(c1)CN(C1CCC(=O)NC1=O)C2=O)N(CC)CC1CC1. The van der Waals surface area contributed by atoms with E-state index in [4.69, 9.17) is 4.74 Å². The third-order valence-corrected chi connectivity index (χ3v) is 6.52. The fourth-order valence-electron chi connectivity index (χ4n) is 4.48. The topological polar surface area (TPSA) is 79.0 Å². The standard InChI is InChI=1S/C23H31N3O4/c1-3-17(25(4-2)12-15-5-6-15)14-30-18-7-8-19-16(11-18)13-26(23(19)29)20-9-10-21(27)24-22(20)28/h7-8,11,15,17,20H,3-6,9-10,12-14H2,1-2H3,(H,24,27,28). The zero-order valence-corrected chi connectivity index (χ0v) is 17.9. The summed E-state index contributed by atoms with van der Waals surface area (Å²) in [5, 5.41) is 2.34. The van der Waals surface area contributed by atoms with Crippen LogP contribution in [0.15, 0.2) is 18.2 Å². The van der Waals surface area contributed by atoms with Gasteiger partial charge in [-0.15, -0.1) is 0 Å². The molecule has 2 aliphatic heterocycles. The van der Waals surface area contributed by atoms with Gasteiger partial charge in [-0.1, -0.05) is 13.8 Å². The van der Waals surface area contributed by atoms with Gasteiger partial charge in [0.15, 0.2) is 0 Å². The number of nitrogens with zero attached hydrogens (tertiary/aromatic N) is 2. The summed E-state index contributed by atoms with van der Waals surface area (Å²) in [6.45, 7) is 7.58. The Morgan fingerprint density at radius 2 is 2.00 bits per heavy atom. The highest BCUT2D eigenvalue weighted by Gasteiger charge is 2.39. The summed E-state index contributed by atoms with van der Waals surface area (Å²) in [4.78, 5) is 40.5. The van der Waals surface area contributed by atoms with E-state index >= 15 is 0 Å². The van der Waals surface area contributed by atoms with Crippen molar-refractivity contribution in [3.05, 3.63) is 29.3 Å².